The molecular formula is C24H22N4O4S. The van der Waals surface area contributed by atoms with Gasteiger partial charge in [0.2, 0.25) is 12.7 Å². The first-order valence-electron chi connectivity index (χ1n) is 10.6. The molecule has 2 aliphatic rings. The molecule has 3 heterocycles. The van der Waals surface area contributed by atoms with Gasteiger partial charge < -0.3 is 24.0 Å². The molecule has 33 heavy (non-hydrogen) atoms. The third-order valence-electron chi connectivity index (χ3n) is 5.79. The number of aromatic nitrogens is 1. The average Bonchev–Trinajstić information content (AvgIpc) is 3.32. The molecule has 0 aliphatic carbocycles. The first-order valence-corrected chi connectivity index (χ1v) is 11.6. The minimum atomic E-state index is 0.0381. The molecule has 3 aromatic rings. The van der Waals surface area contributed by atoms with Crippen LogP contribution in [0.4, 0.5) is 5.69 Å². The molecule has 8 nitrogen and oxygen atoms in total. The SMILES string of the molecule is COc1ccccc1N1CCN(C(=O)CSc2nc3cc4c(cc3cc2C#N)OCO4)CC1. The highest BCUT2D eigenvalue weighted by molar-refractivity contribution is 8.00. The number of pyridine rings is 1. The Bertz CT molecular complexity index is 1250. The van der Waals surface area contributed by atoms with Crippen molar-refractivity contribution in [3.8, 4) is 23.3 Å². The van der Waals surface area contributed by atoms with Crippen LogP contribution in [0.1, 0.15) is 5.56 Å². The minimum Gasteiger partial charge on any atom is -0.495 e. The van der Waals surface area contributed by atoms with E-state index in [0.717, 1.165) is 29.9 Å². The minimum absolute atomic E-state index is 0.0381. The average molecular weight is 463 g/mol. The molecule has 0 atom stereocenters. The number of fused-ring (bicyclic) bond motifs is 2. The normalized spacial score (nSPS) is 14.9. The second-order valence-corrected chi connectivity index (χ2v) is 8.64. The number of anilines is 1. The number of hydrogen-bond acceptors (Lipinski definition) is 8. The van der Waals surface area contributed by atoms with Gasteiger partial charge in [0, 0.05) is 37.6 Å². The molecule has 9 heteroatoms. The Hall–Kier alpha value is -3.64. The predicted octanol–water partition coefficient (Wildman–Crippen LogP) is 3.28. The van der Waals surface area contributed by atoms with Crippen molar-refractivity contribution < 1.29 is 19.0 Å². The number of thioether (sulfide) groups is 1. The summed E-state index contributed by atoms with van der Waals surface area (Å²) in [4.78, 5) is 21.6. The Kier molecular flexibility index (Phi) is 5.84. The highest BCUT2D eigenvalue weighted by atomic mass is 32.2. The highest BCUT2D eigenvalue weighted by Crippen LogP contribution is 2.37. The van der Waals surface area contributed by atoms with Gasteiger partial charge in [-0.2, -0.15) is 5.26 Å². The number of piperazine rings is 1. The zero-order valence-electron chi connectivity index (χ0n) is 18.1. The van der Waals surface area contributed by atoms with Crippen LogP contribution < -0.4 is 19.1 Å². The van der Waals surface area contributed by atoms with Gasteiger partial charge in [-0.25, -0.2) is 4.98 Å². The van der Waals surface area contributed by atoms with E-state index in [1.807, 2.05) is 41.3 Å². The summed E-state index contributed by atoms with van der Waals surface area (Å²) in [6.07, 6.45) is 0. The topological polar surface area (TPSA) is 87.9 Å². The fourth-order valence-corrected chi connectivity index (χ4v) is 4.91. The summed E-state index contributed by atoms with van der Waals surface area (Å²) in [6, 6.07) is 15.5. The number of nitrogens with zero attached hydrogens (tertiary/aromatic N) is 4. The standard InChI is InChI=1S/C24H22N4O4S/c1-30-20-5-3-2-4-19(20)27-6-8-28(9-7-27)23(29)14-33-24-17(13-25)10-16-11-21-22(32-15-31-21)12-18(16)26-24/h2-5,10-12H,6-9,14-15H2,1H3. The molecule has 0 radical (unpaired) electrons. The lowest BCUT2D eigenvalue weighted by atomic mass is 10.1. The first-order chi connectivity index (χ1) is 16.2. The predicted molar refractivity (Wildman–Crippen MR) is 125 cm³/mol. The van der Waals surface area contributed by atoms with E-state index < -0.39 is 0 Å². The van der Waals surface area contributed by atoms with Gasteiger partial charge in [-0.1, -0.05) is 23.9 Å². The maximum atomic E-state index is 12.9. The van der Waals surface area contributed by atoms with E-state index in [1.165, 1.54) is 11.8 Å². The molecule has 1 fully saturated rings. The van der Waals surface area contributed by atoms with E-state index in [2.05, 4.69) is 16.0 Å². The van der Waals surface area contributed by atoms with Gasteiger partial charge in [0.1, 0.15) is 16.8 Å². The number of methoxy groups -OCH3 is 1. The van der Waals surface area contributed by atoms with E-state index in [1.54, 1.807) is 13.2 Å². The molecular weight excluding hydrogens is 440 g/mol. The summed E-state index contributed by atoms with van der Waals surface area (Å²) in [6.45, 7) is 2.93. The van der Waals surface area contributed by atoms with Crippen molar-refractivity contribution >= 4 is 34.3 Å². The summed E-state index contributed by atoms with van der Waals surface area (Å²) in [5.74, 6) is 2.39. The van der Waals surface area contributed by atoms with Crippen LogP contribution in [0.15, 0.2) is 47.5 Å². The van der Waals surface area contributed by atoms with Crippen LogP contribution in [0, 0.1) is 11.3 Å². The first kappa shape index (κ1) is 21.2. The van der Waals surface area contributed by atoms with E-state index in [9.17, 15) is 10.1 Å². The molecule has 1 amide bonds. The molecule has 0 unspecified atom stereocenters. The monoisotopic (exact) mass is 462 g/mol. The lowest BCUT2D eigenvalue weighted by Crippen LogP contribution is -2.49. The Labute approximate surface area is 195 Å². The van der Waals surface area contributed by atoms with Gasteiger partial charge in [0.25, 0.3) is 0 Å². The van der Waals surface area contributed by atoms with Gasteiger partial charge in [-0.15, -0.1) is 0 Å². The van der Waals surface area contributed by atoms with Crippen LogP contribution in [0.5, 0.6) is 17.2 Å². The summed E-state index contributed by atoms with van der Waals surface area (Å²) >= 11 is 1.29. The number of para-hydroxylation sites is 2. The fraction of sp³-hybridized carbons (Fsp3) is 0.292. The summed E-state index contributed by atoms with van der Waals surface area (Å²) in [5, 5.41) is 10.9. The van der Waals surface area contributed by atoms with Gasteiger partial charge in [-0.3, -0.25) is 4.79 Å². The Morgan fingerprint density at radius 2 is 1.91 bits per heavy atom. The molecule has 5 rings (SSSR count). The molecule has 2 aromatic carbocycles. The van der Waals surface area contributed by atoms with Gasteiger partial charge >= 0.3 is 0 Å². The van der Waals surface area contributed by atoms with E-state index >= 15 is 0 Å². The van der Waals surface area contributed by atoms with Crippen molar-refractivity contribution in [3.63, 3.8) is 0 Å². The van der Waals surface area contributed by atoms with Crippen LogP contribution in [-0.2, 0) is 4.79 Å². The number of rotatable bonds is 5. The molecule has 2 aliphatic heterocycles. The van der Waals surface area contributed by atoms with Gasteiger partial charge in [0.05, 0.1) is 29.6 Å². The Balaban J connectivity index is 1.24. The number of benzene rings is 2. The Morgan fingerprint density at radius 1 is 1.15 bits per heavy atom. The highest BCUT2D eigenvalue weighted by Gasteiger charge is 2.24. The van der Waals surface area contributed by atoms with Crippen molar-refractivity contribution in [2.24, 2.45) is 0 Å². The van der Waals surface area contributed by atoms with E-state index in [0.29, 0.717) is 40.7 Å². The fourth-order valence-electron chi connectivity index (χ4n) is 4.05. The number of ether oxygens (including phenoxy) is 3. The second-order valence-electron chi connectivity index (χ2n) is 7.68. The number of nitriles is 1. The molecule has 0 spiro atoms. The van der Waals surface area contributed by atoms with Gasteiger partial charge in [-0.05, 0) is 24.3 Å². The van der Waals surface area contributed by atoms with Crippen LogP contribution >= 0.6 is 11.8 Å². The van der Waals surface area contributed by atoms with Gasteiger partial charge in [0.15, 0.2) is 11.5 Å². The molecule has 0 saturated carbocycles. The summed E-state index contributed by atoms with van der Waals surface area (Å²) < 4.78 is 16.3. The van der Waals surface area contributed by atoms with Crippen LogP contribution in [0.2, 0.25) is 0 Å². The van der Waals surface area contributed by atoms with Crippen LogP contribution in [-0.4, -0.2) is 61.6 Å². The molecule has 1 aromatic heterocycles. The zero-order valence-corrected chi connectivity index (χ0v) is 18.9. The third kappa shape index (κ3) is 4.22. The van der Waals surface area contributed by atoms with Crippen molar-refractivity contribution in [3.05, 3.63) is 48.0 Å². The van der Waals surface area contributed by atoms with Crippen molar-refractivity contribution in [2.75, 3.05) is 50.7 Å². The smallest absolute Gasteiger partial charge is 0.233 e. The van der Waals surface area contributed by atoms with Crippen molar-refractivity contribution in [2.45, 2.75) is 5.03 Å². The molecule has 168 valence electrons. The molecule has 0 N–H and O–H groups in total. The van der Waals surface area contributed by atoms with Crippen LogP contribution in [0.3, 0.4) is 0 Å². The Morgan fingerprint density at radius 3 is 2.67 bits per heavy atom. The quantitative estimate of drug-likeness (QED) is 0.534. The molecule has 0 bridgehead atoms. The zero-order chi connectivity index (χ0) is 22.8. The van der Waals surface area contributed by atoms with Crippen molar-refractivity contribution in [1.29, 1.82) is 5.26 Å². The number of hydrogen-bond donors (Lipinski definition) is 0. The summed E-state index contributed by atoms with van der Waals surface area (Å²) in [5.41, 5.74) is 2.19. The second kappa shape index (κ2) is 9.08. The number of amides is 1. The number of carbonyl (C=O) groups excluding carboxylic acids is 1. The summed E-state index contributed by atoms with van der Waals surface area (Å²) in [7, 11) is 1.67. The van der Waals surface area contributed by atoms with Crippen LogP contribution in [0.25, 0.3) is 10.9 Å². The lowest BCUT2D eigenvalue weighted by Gasteiger charge is -2.36. The third-order valence-corrected chi connectivity index (χ3v) is 6.76. The van der Waals surface area contributed by atoms with E-state index in [-0.39, 0.29) is 18.5 Å². The maximum absolute atomic E-state index is 12.9. The van der Waals surface area contributed by atoms with E-state index in [4.69, 9.17) is 14.2 Å². The van der Waals surface area contributed by atoms with Crippen molar-refractivity contribution in [1.82, 2.24) is 9.88 Å². The largest absolute Gasteiger partial charge is 0.495 e. The number of carbonyl (C=O) groups is 1. The maximum Gasteiger partial charge on any atom is 0.233 e. The molecule has 1 saturated heterocycles. The lowest BCUT2D eigenvalue weighted by molar-refractivity contribution is -0.128.